The minimum absolute atomic E-state index is 0.0897. The number of anilines is 1. The van der Waals surface area contributed by atoms with Gasteiger partial charge in [0, 0.05) is 25.3 Å². The molecule has 0 saturated carbocycles. The average molecular weight is 355 g/mol. The summed E-state index contributed by atoms with van der Waals surface area (Å²) in [7, 11) is -3.58. The number of sulfonamides is 1. The van der Waals surface area contributed by atoms with E-state index in [0.29, 0.717) is 18.8 Å². The van der Waals surface area contributed by atoms with Crippen molar-refractivity contribution >= 4 is 21.8 Å². The van der Waals surface area contributed by atoms with Crippen molar-refractivity contribution in [2.75, 3.05) is 18.0 Å². The van der Waals surface area contributed by atoms with Crippen molar-refractivity contribution in [2.24, 2.45) is 5.92 Å². The van der Waals surface area contributed by atoms with E-state index in [4.69, 9.17) is 5.11 Å². The smallest absolute Gasteiger partial charge is 0.308 e. The van der Waals surface area contributed by atoms with Crippen LogP contribution in [0.25, 0.3) is 0 Å². The van der Waals surface area contributed by atoms with E-state index in [0.717, 1.165) is 25.8 Å². The number of hydrogen-bond donors (Lipinski definition) is 2. The van der Waals surface area contributed by atoms with Gasteiger partial charge in [0.05, 0.1) is 5.92 Å². The van der Waals surface area contributed by atoms with Crippen LogP contribution in [0.2, 0.25) is 0 Å². The molecule has 1 saturated heterocycles. The van der Waals surface area contributed by atoms with Crippen LogP contribution in [0.3, 0.4) is 0 Å². The van der Waals surface area contributed by atoms with Crippen molar-refractivity contribution in [2.45, 2.75) is 50.5 Å². The first kappa shape index (κ1) is 18.7. The maximum atomic E-state index is 12.3. The summed E-state index contributed by atoms with van der Waals surface area (Å²) in [6.07, 6.45) is 4.24. The Bertz CT molecular complexity index is 656. The molecule has 8 heteroatoms. The van der Waals surface area contributed by atoms with Gasteiger partial charge < -0.3 is 10.0 Å². The lowest BCUT2D eigenvalue weighted by molar-refractivity contribution is -0.141. The Morgan fingerprint density at radius 1 is 1.42 bits per heavy atom. The van der Waals surface area contributed by atoms with Crippen molar-refractivity contribution in [3.05, 3.63) is 18.3 Å². The van der Waals surface area contributed by atoms with E-state index in [1.165, 1.54) is 12.3 Å². The fraction of sp³-hybridized carbons (Fsp3) is 0.625. The summed E-state index contributed by atoms with van der Waals surface area (Å²) in [6, 6.07) is 3.08. The summed E-state index contributed by atoms with van der Waals surface area (Å²) >= 11 is 0. The highest BCUT2D eigenvalue weighted by atomic mass is 32.2. The molecule has 1 aliphatic heterocycles. The van der Waals surface area contributed by atoms with Crippen molar-refractivity contribution in [1.82, 2.24) is 9.71 Å². The van der Waals surface area contributed by atoms with Crippen LogP contribution in [-0.4, -0.2) is 43.6 Å². The molecule has 0 aliphatic carbocycles. The average Bonchev–Trinajstić information content (AvgIpc) is 2.60. The maximum Gasteiger partial charge on any atom is 0.308 e. The van der Waals surface area contributed by atoms with Crippen LogP contribution in [0.5, 0.6) is 0 Å². The molecule has 2 rings (SSSR count). The Kier molecular flexibility index (Phi) is 6.17. The summed E-state index contributed by atoms with van der Waals surface area (Å²) in [5.74, 6) is -0.587. The third-order valence-electron chi connectivity index (χ3n) is 4.43. The number of pyridine rings is 1. The molecule has 0 spiro atoms. The van der Waals surface area contributed by atoms with Gasteiger partial charge in [-0.3, -0.25) is 4.79 Å². The van der Waals surface area contributed by atoms with Crippen LogP contribution in [-0.2, 0) is 14.8 Å². The minimum atomic E-state index is -3.58. The van der Waals surface area contributed by atoms with Crippen molar-refractivity contribution in [3.8, 4) is 0 Å². The predicted octanol–water partition coefficient (Wildman–Crippen LogP) is 1.85. The van der Waals surface area contributed by atoms with E-state index in [-0.39, 0.29) is 10.9 Å². The minimum Gasteiger partial charge on any atom is -0.481 e. The van der Waals surface area contributed by atoms with E-state index in [1.54, 1.807) is 6.07 Å². The number of aromatic nitrogens is 1. The van der Waals surface area contributed by atoms with Crippen LogP contribution in [0, 0.1) is 5.92 Å². The molecule has 1 aliphatic rings. The van der Waals surface area contributed by atoms with Gasteiger partial charge in [0.1, 0.15) is 10.7 Å². The lowest BCUT2D eigenvalue weighted by atomic mass is 9.98. The second kappa shape index (κ2) is 7.94. The molecule has 2 N–H and O–H groups in total. The highest BCUT2D eigenvalue weighted by Crippen LogP contribution is 2.22. The molecule has 24 heavy (non-hydrogen) atoms. The van der Waals surface area contributed by atoms with Gasteiger partial charge in [-0.2, -0.15) is 0 Å². The van der Waals surface area contributed by atoms with Gasteiger partial charge >= 0.3 is 5.97 Å². The van der Waals surface area contributed by atoms with E-state index in [9.17, 15) is 13.2 Å². The fourth-order valence-electron chi connectivity index (χ4n) is 2.85. The van der Waals surface area contributed by atoms with Crippen molar-refractivity contribution < 1.29 is 18.3 Å². The number of rotatable bonds is 7. The molecule has 1 fully saturated rings. The Balaban J connectivity index is 2.11. The van der Waals surface area contributed by atoms with Crippen molar-refractivity contribution in [3.63, 3.8) is 0 Å². The third-order valence-corrected chi connectivity index (χ3v) is 5.94. The number of carboxylic acids is 1. The third kappa shape index (κ3) is 4.45. The summed E-state index contributed by atoms with van der Waals surface area (Å²) in [6.45, 7) is 5.01. The van der Waals surface area contributed by atoms with E-state index >= 15 is 0 Å². The van der Waals surface area contributed by atoms with Crippen LogP contribution >= 0.6 is 0 Å². The molecule has 1 unspecified atom stereocenters. The normalized spacial score (nSPS) is 18.8. The molecule has 0 radical (unpaired) electrons. The summed E-state index contributed by atoms with van der Waals surface area (Å²) in [4.78, 5) is 17.4. The summed E-state index contributed by atoms with van der Waals surface area (Å²) < 4.78 is 27.4. The monoisotopic (exact) mass is 355 g/mol. The van der Waals surface area contributed by atoms with Crippen LogP contribution in [0.1, 0.15) is 39.5 Å². The summed E-state index contributed by atoms with van der Waals surface area (Å²) in [5.41, 5.74) is 0. The van der Waals surface area contributed by atoms with Crippen molar-refractivity contribution in [1.29, 1.82) is 0 Å². The first-order valence-corrected chi connectivity index (χ1v) is 9.81. The molecule has 2 heterocycles. The number of carboxylic acid groups (broad SMARTS) is 1. The SMILES string of the molecule is CCC(CC)NS(=O)(=O)c1ccc(N2CCCC(C(=O)O)C2)nc1. The zero-order valence-corrected chi connectivity index (χ0v) is 14.9. The molecule has 0 bridgehead atoms. The van der Waals surface area contributed by atoms with Gasteiger partial charge in [0.15, 0.2) is 0 Å². The molecule has 0 aromatic carbocycles. The number of carbonyl (C=O) groups is 1. The lowest BCUT2D eigenvalue weighted by Crippen LogP contribution is -2.39. The zero-order valence-electron chi connectivity index (χ0n) is 14.1. The van der Waals surface area contributed by atoms with E-state index < -0.39 is 21.9 Å². The van der Waals surface area contributed by atoms with E-state index in [2.05, 4.69) is 9.71 Å². The van der Waals surface area contributed by atoms with Gasteiger partial charge in [-0.1, -0.05) is 13.8 Å². The highest BCUT2D eigenvalue weighted by molar-refractivity contribution is 7.89. The Morgan fingerprint density at radius 3 is 2.67 bits per heavy atom. The number of aliphatic carboxylic acids is 1. The zero-order chi connectivity index (χ0) is 17.7. The molecule has 1 aromatic rings. The second-order valence-electron chi connectivity index (χ2n) is 6.11. The van der Waals surface area contributed by atoms with Crippen LogP contribution in [0.15, 0.2) is 23.2 Å². The topological polar surface area (TPSA) is 99.6 Å². The number of piperidine rings is 1. The number of nitrogens with one attached hydrogen (secondary N) is 1. The molecule has 7 nitrogen and oxygen atoms in total. The predicted molar refractivity (Wildman–Crippen MR) is 91.5 cm³/mol. The fourth-order valence-corrected chi connectivity index (χ4v) is 4.20. The number of nitrogens with zero attached hydrogens (tertiary/aromatic N) is 2. The van der Waals surface area contributed by atoms with Gasteiger partial charge in [0.2, 0.25) is 10.0 Å². The molecule has 134 valence electrons. The van der Waals surface area contributed by atoms with Gasteiger partial charge in [-0.15, -0.1) is 0 Å². The molecular formula is C16H25N3O4S. The van der Waals surface area contributed by atoms with Crippen LogP contribution in [0.4, 0.5) is 5.82 Å². The lowest BCUT2D eigenvalue weighted by Gasteiger charge is -2.31. The van der Waals surface area contributed by atoms with Gasteiger partial charge in [-0.05, 0) is 37.8 Å². The largest absolute Gasteiger partial charge is 0.481 e. The summed E-state index contributed by atoms with van der Waals surface area (Å²) in [5, 5.41) is 9.15. The van der Waals surface area contributed by atoms with Gasteiger partial charge in [0.25, 0.3) is 0 Å². The molecule has 1 atom stereocenters. The van der Waals surface area contributed by atoms with Crippen LogP contribution < -0.4 is 9.62 Å². The Morgan fingerprint density at radius 2 is 2.12 bits per heavy atom. The molecular weight excluding hydrogens is 330 g/mol. The second-order valence-corrected chi connectivity index (χ2v) is 7.82. The first-order valence-electron chi connectivity index (χ1n) is 8.33. The molecule has 1 aromatic heterocycles. The Labute approximate surface area is 143 Å². The maximum absolute atomic E-state index is 12.3. The van der Waals surface area contributed by atoms with Gasteiger partial charge in [-0.25, -0.2) is 18.1 Å². The van der Waals surface area contributed by atoms with E-state index in [1.807, 2.05) is 18.7 Å². The highest BCUT2D eigenvalue weighted by Gasteiger charge is 2.26. The number of hydrogen-bond acceptors (Lipinski definition) is 5. The first-order chi connectivity index (χ1) is 11.4. The molecule has 0 amide bonds. The Hall–Kier alpha value is -1.67. The standard InChI is InChI=1S/C16H25N3O4S/c1-3-13(4-2)18-24(22,23)14-7-8-15(17-10-14)19-9-5-6-12(11-19)16(20)21/h7-8,10,12-13,18H,3-6,9,11H2,1-2H3,(H,20,21). The quantitative estimate of drug-likeness (QED) is 0.774.